The summed E-state index contributed by atoms with van der Waals surface area (Å²) in [7, 11) is 0. The Morgan fingerprint density at radius 1 is 1.07 bits per heavy atom. The van der Waals surface area contributed by atoms with Gasteiger partial charge in [-0.3, -0.25) is 0 Å². The van der Waals surface area contributed by atoms with E-state index in [2.05, 4.69) is 0 Å². The summed E-state index contributed by atoms with van der Waals surface area (Å²) in [4.78, 5) is 22.7. The first-order valence-corrected chi connectivity index (χ1v) is 4.77. The van der Waals surface area contributed by atoms with Crippen molar-refractivity contribution in [2.75, 3.05) is 20.0 Å². The van der Waals surface area contributed by atoms with Gasteiger partial charge in [-0.25, -0.2) is 9.59 Å². The molecule has 86 valence electrons. The van der Waals surface area contributed by atoms with Gasteiger partial charge in [-0.15, -0.1) is 0 Å². The van der Waals surface area contributed by atoms with Gasteiger partial charge in [-0.05, 0) is 13.8 Å². The van der Waals surface area contributed by atoms with E-state index in [1.807, 2.05) is 0 Å². The normalized spacial score (nSPS) is 24.9. The van der Waals surface area contributed by atoms with E-state index in [-0.39, 0.29) is 20.0 Å². The molecule has 1 aliphatic rings. The van der Waals surface area contributed by atoms with Crippen LogP contribution >= 0.6 is 0 Å². The monoisotopic (exact) mass is 218 g/mol. The van der Waals surface area contributed by atoms with E-state index in [4.69, 9.17) is 18.9 Å². The van der Waals surface area contributed by atoms with Crippen molar-refractivity contribution in [3.63, 3.8) is 0 Å². The van der Waals surface area contributed by atoms with Gasteiger partial charge in [0.2, 0.25) is 0 Å². The Morgan fingerprint density at radius 3 is 1.80 bits per heavy atom. The summed E-state index contributed by atoms with van der Waals surface area (Å²) in [6.45, 7) is 3.70. The summed E-state index contributed by atoms with van der Waals surface area (Å²) in [5.74, 6) is -1.21. The van der Waals surface area contributed by atoms with Crippen LogP contribution in [0.4, 0.5) is 0 Å². The van der Waals surface area contributed by atoms with Crippen LogP contribution in [0.5, 0.6) is 0 Å². The van der Waals surface area contributed by atoms with Crippen LogP contribution in [-0.2, 0) is 28.5 Å². The molecule has 6 heteroatoms. The second-order valence-electron chi connectivity index (χ2n) is 2.80. The first-order valence-electron chi connectivity index (χ1n) is 4.77. The summed E-state index contributed by atoms with van der Waals surface area (Å²) < 4.78 is 19.4. The minimum absolute atomic E-state index is 0.104. The maximum absolute atomic E-state index is 11.3. The molecule has 2 atom stereocenters. The lowest BCUT2D eigenvalue weighted by atomic mass is 10.2. The van der Waals surface area contributed by atoms with Gasteiger partial charge in [0.15, 0.2) is 12.2 Å². The van der Waals surface area contributed by atoms with Crippen LogP contribution in [0.3, 0.4) is 0 Å². The number of ether oxygens (including phenoxy) is 4. The molecular formula is C9H14O6. The molecule has 6 nitrogen and oxygen atoms in total. The molecule has 0 aromatic carbocycles. The highest BCUT2D eigenvalue weighted by molar-refractivity contribution is 5.86. The maximum atomic E-state index is 11.3. The summed E-state index contributed by atoms with van der Waals surface area (Å²) in [5, 5.41) is 0. The van der Waals surface area contributed by atoms with Crippen molar-refractivity contribution < 1.29 is 28.5 Å². The number of carbonyl (C=O) groups excluding carboxylic acids is 2. The molecule has 15 heavy (non-hydrogen) atoms. The van der Waals surface area contributed by atoms with Gasteiger partial charge in [0.25, 0.3) is 0 Å². The lowest BCUT2D eigenvalue weighted by Gasteiger charge is -2.13. The molecule has 0 N–H and O–H groups in total. The van der Waals surface area contributed by atoms with Crippen molar-refractivity contribution in [3.05, 3.63) is 0 Å². The molecule has 1 aliphatic heterocycles. The molecule has 0 aromatic heterocycles. The van der Waals surface area contributed by atoms with Gasteiger partial charge >= 0.3 is 11.9 Å². The van der Waals surface area contributed by atoms with Crippen molar-refractivity contribution in [1.29, 1.82) is 0 Å². The first kappa shape index (κ1) is 11.9. The molecule has 0 saturated carbocycles. The molecule has 1 saturated heterocycles. The zero-order valence-corrected chi connectivity index (χ0v) is 8.73. The Morgan fingerprint density at radius 2 is 1.47 bits per heavy atom. The van der Waals surface area contributed by atoms with Gasteiger partial charge in [0.1, 0.15) is 6.79 Å². The number of carbonyl (C=O) groups is 2. The molecular weight excluding hydrogens is 204 g/mol. The van der Waals surface area contributed by atoms with Crippen molar-refractivity contribution in [2.24, 2.45) is 0 Å². The van der Waals surface area contributed by atoms with Crippen molar-refractivity contribution >= 4 is 11.9 Å². The molecule has 1 rings (SSSR count). The summed E-state index contributed by atoms with van der Waals surface area (Å²) in [5.41, 5.74) is 0. The topological polar surface area (TPSA) is 71.1 Å². The van der Waals surface area contributed by atoms with Gasteiger partial charge in [-0.1, -0.05) is 0 Å². The molecule has 0 radical (unpaired) electrons. The molecule has 1 fully saturated rings. The zero-order chi connectivity index (χ0) is 11.3. The lowest BCUT2D eigenvalue weighted by Crippen LogP contribution is -2.39. The van der Waals surface area contributed by atoms with Crippen LogP contribution in [0.25, 0.3) is 0 Å². The second-order valence-corrected chi connectivity index (χ2v) is 2.80. The molecule has 0 bridgehead atoms. The fraction of sp³-hybridized carbons (Fsp3) is 0.778. The minimum atomic E-state index is -1.01. The Kier molecular flexibility index (Phi) is 4.51. The largest absolute Gasteiger partial charge is 0.464 e. The van der Waals surface area contributed by atoms with E-state index in [0.29, 0.717) is 0 Å². The molecule has 0 amide bonds. The third kappa shape index (κ3) is 2.90. The summed E-state index contributed by atoms with van der Waals surface area (Å²) >= 11 is 0. The van der Waals surface area contributed by atoms with E-state index in [9.17, 15) is 9.59 Å². The maximum Gasteiger partial charge on any atom is 0.338 e. The number of esters is 2. The highest BCUT2D eigenvalue weighted by Gasteiger charge is 2.42. The van der Waals surface area contributed by atoms with Gasteiger partial charge in [0.05, 0.1) is 13.2 Å². The molecule has 0 aliphatic carbocycles. The van der Waals surface area contributed by atoms with Crippen molar-refractivity contribution in [3.8, 4) is 0 Å². The zero-order valence-electron chi connectivity index (χ0n) is 8.73. The van der Waals surface area contributed by atoms with Crippen LogP contribution in [0.15, 0.2) is 0 Å². The van der Waals surface area contributed by atoms with Gasteiger partial charge in [0, 0.05) is 0 Å². The summed E-state index contributed by atoms with van der Waals surface area (Å²) in [6, 6.07) is 0. The predicted molar refractivity (Wildman–Crippen MR) is 47.9 cm³/mol. The fourth-order valence-corrected chi connectivity index (χ4v) is 1.19. The van der Waals surface area contributed by atoms with E-state index >= 15 is 0 Å². The smallest absolute Gasteiger partial charge is 0.338 e. The van der Waals surface area contributed by atoms with Crippen LogP contribution < -0.4 is 0 Å². The van der Waals surface area contributed by atoms with E-state index in [1.54, 1.807) is 13.8 Å². The van der Waals surface area contributed by atoms with E-state index < -0.39 is 24.1 Å². The van der Waals surface area contributed by atoms with Crippen LogP contribution in [-0.4, -0.2) is 44.2 Å². The fourth-order valence-electron chi connectivity index (χ4n) is 1.19. The minimum Gasteiger partial charge on any atom is -0.464 e. The SMILES string of the molecule is CCOC(=O)[C@@H]1OCO[C@H]1C(=O)OCC. The average Bonchev–Trinajstić information content (AvgIpc) is 2.66. The third-order valence-electron chi connectivity index (χ3n) is 1.81. The van der Waals surface area contributed by atoms with Crippen molar-refractivity contribution in [1.82, 2.24) is 0 Å². The lowest BCUT2D eigenvalue weighted by molar-refractivity contribution is -0.163. The van der Waals surface area contributed by atoms with Gasteiger partial charge in [-0.2, -0.15) is 0 Å². The van der Waals surface area contributed by atoms with E-state index in [1.165, 1.54) is 0 Å². The second kappa shape index (κ2) is 5.67. The predicted octanol–water partition coefficient (Wildman–Crippen LogP) is -0.146. The Hall–Kier alpha value is -1.14. The van der Waals surface area contributed by atoms with Crippen LogP contribution in [0.1, 0.15) is 13.8 Å². The first-order chi connectivity index (χ1) is 7.20. The summed E-state index contributed by atoms with van der Waals surface area (Å²) in [6.07, 6.45) is -2.02. The Labute approximate surface area is 87.4 Å². The molecule has 0 unspecified atom stereocenters. The van der Waals surface area contributed by atoms with E-state index in [0.717, 1.165) is 0 Å². The molecule has 0 spiro atoms. The number of rotatable bonds is 4. The Balaban J connectivity index is 2.56. The average molecular weight is 218 g/mol. The molecule has 1 heterocycles. The molecule has 0 aromatic rings. The van der Waals surface area contributed by atoms with Crippen molar-refractivity contribution in [2.45, 2.75) is 26.1 Å². The van der Waals surface area contributed by atoms with Crippen LogP contribution in [0.2, 0.25) is 0 Å². The van der Waals surface area contributed by atoms with Crippen LogP contribution in [0, 0.1) is 0 Å². The Bertz CT molecular complexity index is 215. The number of hydrogen-bond donors (Lipinski definition) is 0. The highest BCUT2D eigenvalue weighted by Crippen LogP contribution is 2.15. The quantitative estimate of drug-likeness (QED) is 0.611. The third-order valence-corrected chi connectivity index (χ3v) is 1.81. The highest BCUT2D eigenvalue weighted by atomic mass is 16.7. The number of hydrogen-bond acceptors (Lipinski definition) is 6. The van der Waals surface area contributed by atoms with Gasteiger partial charge < -0.3 is 18.9 Å². The standard InChI is InChI=1S/C9H14O6/c1-3-12-8(10)6-7(15-5-14-6)9(11)13-4-2/h6-7H,3-5H2,1-2H3/t6-,7-/m1/s1.